The van der Waals surface area contributed by atoms with E-state index in [0.717, 1.165) is 25.5 Å². The fraction of sp³-hybridized carbons (Fsp3) is 0.278. The molecule has 0 bridgehead atoms. The summed E-state index contributed by atoms with van der Waals surface area (Å²) in [4.78, 5) is 17.6. The Kier molecular flexibility index (Phi) is 4.65. The van der Waals surface area contributed by atoms with E-state index < -0.39 is 0 Å². The van der Waals surface area contributed by atoms with Crippen molar-refractivity contribution in [3.8, 4) is 16.0 Å². The third kappa shape index (κ3) is 3.05. The third-order valence-electron chi connectivity index (χ3n) is 3.62. The first-order chi connectivity index (χ1) is 11.5. The molecule has 4 nitrogen and oxygen atoms in total. The molecule has 0 radical (unpaired) electrons. The minimum atomic E-state index is -0.345. The van der Waals surface area contributed by atoms with E-state index in [1.807, 2.05) is 12.1 Å². The lowest BCUT2D eigenvalue weighted by atomic mass is 9.99. The van der Waals surface area contributed by atoms with Crippen molar-refractivity contribution in [2.24, 2.45) is 0 Å². The number of nitrogens with zero attached hydrogens (tertiary/aromatic N) is 2. The first kappa shape index (κ1) is 16.6. The molecule has 2 heterocycles. The largest absolute Gasteiger partial charge is 0.462 e. The van der Waals surface area contributed by atoms with Crippen LogP contribution in [-0.2, 0) is 4.74 Å². The number of thiazole rings is 1. The number of rotatable bonds is 4. The summed E-state index contributed by atoms with van der Waals surface area (Å²) in [6, 6.07) is 8.41. The number of carbonyl (C=O) groups excluding carboxylic acids is 1. The summed E-state index contributed by atoms with van der Waals surface area (Å²) in [6.07, 6.45) is 1.55. The van der Waals surface area contributed by atoms with E-state index in [4.69, 9.17) is 4.74 Å². The molecule has 24 heavy (non-hydrogen) atoms. The lowest BCUT2D eigenvalue weighted by Crippen LogP contribution is -2.01. The second-order valence-electron chi connectivity index (χ2n) is 5.61. The van der Waals surface area contributed by atoms with Crippen LogP contribution >= 0.6 is 22.7 Å². The van der Waals surface area contributed by atoms with Gasteiger partial charge in [-0.25, -0.2) is 9.78 Å². The molecule has 0 fully saturated rings. The molecule has 3 aromatic rings. The maximum atomic E-state index is 11.8. The Bertz CT molecular complexity index is 948. The first-order valence-electron chi connectivity index (χ1n) is 7.64. The lowest BCUT2D eigenvalue weighted by Gasteiger charge is -2.05. The van der Waals surface area contributed by atoms with E-state index in [2.05, 4.69) is 31.0 Å². The summed E-state index contributed by atoms with van der Waals surface area (Å²) in [5.74, 6) is 0.0160. The fourth-order valence-electron chi connectivity index (χ4n) is 2.38. The predicted molar refractivity (Wildman–Crippen MR) is 97.7 cm³/mol. The maximum absolute atomic E-state index is 11.8. The summed E-state index contributed by atoms with van der Waals surface area (Å²) >= 11 is 2.85. The Morgan fingerprint density at radius 2 is 2.12 bits per heavy atom. The lowest BCUT2D eigenvalue weighted by molar-refractivity contribution is 0.0532. The van der Waals surface area contributed by atoms with E-state index >= 15 is 0 Å². The van der Waals surface area contributed by atoms with Gasteiger partial charge in [0, 0.05) is 0 Å². The standard InChI is InChI=1S/C18H16N2O2S2/c1-4-22-18(21)15-9-20-17(24-15)14-7-12-5-11(10(2)3)6-13(8-19)16(12)23-14/h5-7,9-10H,4H2,1-3H3. The molecular formula is C18H16N2O2S2. The zero-order chi connectivity index (χ0) is 17.3. The summed E-state index contributed by atoms with van der Waals surface area (Å²) in [6.45, 7) is 6.35. The van der Waals surface area contributed by atoms with Gasteiger partial charge < -0.3 is 4.74 Å². The van der Waals surface area contributed by atoms with Crippen LogP contribution in [-0.4, -0.2) is 17.6 Å². The normalized spacial score (nSPS) is 11.0. The molecule has 0 atom stereocenters. The zero-order valence-electron chi connectivity index (χ0n) is 13.6. The number of nitriles is 1. The van der Waals surface area contributed by atoms with E-state index in [1.54, 1.807) is 13.1 Å². The molecule has 122 valence electrons. The molecule has 0 aliphatic carbocycles. The average Bonchev–Trinajstić information content (AvgIpc) is 3.20. The number of ether oxygens (including phenoxy) is 1. The van der Waals surface area contributed by atoms with E-state index in [9.17, 15) is 10.1 Å². The summed E-state index contributed by atoms with van der Waals surface area (Å²) in [5, 5.41) is 11.3. The van der Waals surface area contributed by atoms with Crippen LogP contribution in [0.15, 0.2) is 24.4 Å². The van der Waals surface area contributed by atoms with Gasteiger partial charge in [-0.1, -0.05) is 13.8 Å². The van der Waals surface area contributed by atoms with Crippen molar-refractivity contribution in [1.82, 2.24) is 4.98 Å². The van der Waals surface area contributed by atoms with Crippen molar-refractivity contribution >= 4 is 38.7 Å². The topological polar surface area (TPSA) is 63.0 Å². The predicted octanol–water partition coefficient (Wildman–Crippen LogP) is 5.20. The second kappa shape index (κ2) is 6.71. The number of hydrogen-bond donors (Lipinski definition) is 0. The second-order valence-corrected chi connectivity index (χ2v) is 7.70. The molecule has 1 aromatic carbocycles. The summed E-state index contributed by atoms with van der Waals surface area (Å²) in [7, 11) is 0. The number of esters is 1. The van der Waals surface area contributed by atoms with Crippen molar-refractivity contribution in [3.63, 3.8) is 0 Å². The average molecular weight is 356 g/mol. The Hall–Kier alpha value is -2.23. The smallest absolute Gasteiger partial charge is 0.349 e. The maximum Gasteiger partial charge on any atom is 0.349 e. The van der Waals surface area contributed by atoms with Gasteiger partial charge in [-0.2, -0.15) is 5.26 Å². The van der Waals surface area contributed by atoms with E-state index in [-0.39, 0.29) is 5.97 Å². The molecule has 0 aliphatic heterocycles. The molecule has 0 spiro atoms. The highest BCUT2D eigenvalue weighted by atomic mass is 32.1. The summed E-state index contributed by atoms with van der Waals surface area (Å²) < 4.78 is 5.97. The number of hydrogen-bond acceptors (Lipinski definition) is 6. The highest BCUT2D eigenvalue weighted by molar-refractivity contribution is 7.26. The van der Waals surface area contributed by atoms with Crippen molar-refractivity contribution in [2.75, 3.05) is 6.61 Å². The monoisotopic (exact) mass is 356 g/mol. The zero-order valence-corrected chi connectivity index (χ0v) is 15.3. The minimum Gasteiger partial charge on any atom is -0.462 e. The van der Waals surface area contributed by atoms with Crippen LogP contribution in [0.25, 0.3) is 20.0 Å². The fourth-order valence-corrected chi connectivity index (χ4v) is 4.35. The van der Waals surface area contributed by atoms with Gasteiger partial charge in [0.15, 0.2) is 0 Å². The summed E-state index contributed by atoms with van der Waals surface area (Å²) in [5.41, 5.74) is 1.84. The quantitative estimate of drug-likeness (QED) is 0.603. The van der Waals surface area contributed by atoms with Crippen molar-refractivity contribution in [1.29, 1.82) is 5.26 Å². The van der Waals surface area contributed by atoms with Gasteiger partial charge in [0.25, 0.3) is 0 Å². The Balaban J connectivity index is 2.05. The Morgan fingerprint density at radius 1 is 1.33 bits per heavy atom. The van der Waals surface area contributed by atoms with E-state index in [1.165, 1.54) is 22.7 Å². The molecule has 0 saturated carbocycles. The van der Waals surface area contributed by atoms with Crippen molar-refractivity contribution < 1.29 is 9.53 Å². The van der Waals surface area contributed by atoms with Crippen LogP contribution in [0.4, 0.5) is 0 Å². The first-order valence-corrected chi connectivity index (χ1v) is 9.27. The Morgan fingerprint density at radius 3 is 2.79 bits per heavy atom. The number of carbonyl (C=O) groups is 1. The van der Waals surface area contributed by atoms with Crippen LogP contribution in [0.5, 0.6) is 0 Å². The highest BCUT2D eigenvalue weighted by Gasteiger charge is 2.16. The number of thiophene rings is 1. The molecule has 0 saturated heterocycles. The Labute approximate surface area is 148 Å². The van der Waals surface area contributed by atoms with Crippen LogP contribution in [0.2, 0.25) is 0 Å². The molecular weight excluding hydrogens is 340 g/mol. The number of fused-ring (bicyclic) bond motifs is 1. The van der Waals surface area contributed by atoms with E-state index in [0.29, 0.717) is 23.0 Å². The van der Waals surface area contributed by atoms with Crippen LogP contribution < -0.4 is 0 Å². The van der Waals surface area contributed by atoms with Gasteiger partial charge in [0.2, 0.25) is 0 Å². The minimum absolute atomic E-state index is 0.345. The van der Waals surface area contributed by atoms with Crippen LogP contribution in [0.3, 0.4) is 0 Å². The highest BCUT2D eigenvalue weighted by Crippen LogP contribution is 2.38. The van der Waals surface area contributed by atoms with Gasteiger partial charge in [-0.3, -0.25) is 0 Å². The van der Waals surface area contributed by atoms with Crippen LogP contribution in [0.1, 0.15) is 47.5 Å². The number of benzene rings is 1. The van der Waals surface area contributed by atoms with Gasteiger partial charge in [0.05, 0.1) is 27.9 Å². The molecule has 3 rings (SSSR count). The molecule has 0 N–H and O–H groups in total. The van der Waals surface area contributed by atoms with Gasteiger partial charge in [0.1, 0.15) is 16.0 Å². The van der Waals surface area contributed by atoms with Crippen molar-refractivity contribution in [3.05, 3.63) is 40.4 Å². The van der Waals surface area contributed by atoms with Gasteiger partial charge in [-0.15, -0.1) is 22.7 Å². The molecule has 6 heteroatoms. The van der Waals surface area contributed by atoms with Gasteiger partial charge >= 0.3 is 5.97 Å². The molecule has 0 unspecified atom stereocenters. The van der Waals surface area contributed by atoms with Crippen molar-refractivity contribution in [2.45, 2.75) is 26.7 Å². The van der Waals surface area contributed by atoms with Crippen LogP contribution in [0, 0.1) is 11.3 Å². The molecule has 0 aliphatic rings. The SMILES string of the molecule is CCOC(=O)c1cnc(-c2cc3cc(C(C)C)cc(C#N)c3s2)s1. The molecule has 2 aromatic heterocycles. The van der Waals surface area contributed by atoms with Gasteiger partial charge in [-0.05, 0) is 42.0 Å². The third-order valence-corrected chi connectivity index (χ3v) is 5.95. The number of aromatic nitrogens is 1. The molecule has 0 amide bonds.